The SMILES string of the molecule is Cc1ccc(C(=O)CSC2CCCCC2)cc1C(=O)O. The molecule has 1 fully saturated rings. The smallest absolute Gasteiger partial charge is 0.335 e. The van der Waals surface area contributed by atoms with E-state index in [4.69, 9.17) is 5.11 Å². The second-order valence-corrected chi connectivity index (χ2v) is 6.62. The topological polar surface area (TPSA) is 54.4 Å². The van der Waals surface area contributed by atoms with Crippen molar-refractivity contribution in [1.29, 1.82) is 0 Å². The molecule has 0 heterocycles. The van der Waals surface area contributed by atoms with Crippen molar-refractivity contribution in [2.45, 2.75) is 44.3 Å². The summed E-state index contributed by atoms with van der Waals surface area (Å²) >= 11 is 1.72. The van der Waals surface area contributed by atoms with Crippen LogP contribution in [-0.2, 0) is 0 Å². The Labute approximate surface area is 123 Å². The van der Waals surface area contributed by atoms with Crippen molar-refractivity contribution < 1.29 is 14.7 Å². The van der Waals surface area contributed by atoms with Gasteiger partial charge in [0.1, 0.15) is 0 Å². The number of carbonyl (C=O) groups is 2. The first-order valence-electron chi connectivity index (χ1n) is 7.06. The first-order valence-corrected chi connectivity index (χ1v) is 8.11. The maximum atomic E-state index is 12.2. The monoisotopic (exact) mass is 292 g/mol. The largest absolute Gasteiger partial charge is 0.478 e. The maximum Gasteiger partial charge on any atom is 0.335 e. The average molecular weight is 292 g/mol. The summed E-state index contributed by atoms with van der Waals surface area (Å²) in [5.41, 5.74) is 1.42. The molecule has 1 aliphatic rings. The van der Waals surface area contributed by atoms with Gasteiger partial charge in [0.15, 0.2) is 5.78 Å². The van der Waals surface area contributed by atoms with Gasteiger partial charge in [-0.2, -0.15) is 11.8 Å². The summed E-state index contributed by atoms with van der Waals surface area (Å²) < 4.78 is 0. The van der Waals surface area contributed by atoms with Crippen LogP contribution in [0, 0.1) is 6.92 Å². The summed E-state index contributed by atoms with van der Waals surface area (Å²) in [5.74, 6) is -0.493. The lowest BCUT2D eigenvalue weighted by Crippen LogP contribution is -2.13. The van der Waals surface area contributed by atoms with E-state index in [1.54, 1.807) is 30.8 Å². The molecule has 0 saturated heterocycles. The van der Waals surface area contributed by atoms with Crippen LogP contribution < -0.4 is 0 Å². The minimum absolute atomic E-state index is 0.0306. The summed E-state index contributed by atoms with van der Waals surface area (Å²) in [6, 6.07) is 4.94. The van der Waals surface area contributed by atoms with Crippen molar-refractivity contribution in [3.05, 3.63) is 34.9 Å². The van der Waals surface area contributed by atoms with Crippen LogP contribution in [0.3, 0.4) is 0 Å². The van der Waals surface area contributed by atoms with E-state index in [-0.39, 0.29) is 11.3 Å². The molecule has 1 aromatic rings. The lowest BCUT2D eigenvalue weighted by Gasteiger charge is -2.20. The highest BCUT2D eigenvalue weighted by Gasteiger charge is 2.17. The predicted octanol–water partition coefficient (Wildman–Crippen LogP) is 3.94. The summed E-state index contributed by atoms with van der Waals surface area (Å²) in [6.45, 7) is 1.74. The van der Waals surface area contributed by atoms with Crippen LogP contribution in [0.2, 0.25) is 0 Å². The molecule has 2 rings (SSSR count). The van der Waals surface area contributed by atoms with Gasteiger partial charge >= 0.3 is 5.97 Å². The number of carboxylic acids is 1. The fourth-order valence-corrected chi connectivity index (χ4v) is 3.75. The van der Waals surface area contributed by atoms with Crippen LogP contribution in [0.15, 0.2) is 18.2 Å². The molecule has 4 heteroatoms. The van der Waals surface area contributed by atoms with E-state index >= 15 is 0 Å². The van der Waals surface area contributed by atoms with E-state index in [2.05, 4.69) is 0 Å². The van der Waals surface area contributed by atoms with Crippen molar-refractivity contribution >= 4 is 23.5 Å². The third kappa shape index (κ3) is 3.85. The number of carbonyl (C=O) groups excluding carboxylic acids is 1. The number of hydrogen-bond donors (Lipinski definition) is 1. The Balaban J connectivity index is 1.98. The van der Waals surface area contributed by atoms with Crippen LogP contribution in [0.5, 0.6) is 0 Å². The minimum Gasteiger partial charge on any atom is -0.478 e. The number of aryl methyl sites for hydroxylation is 1. The van der Waals surface area contributed by atoms with Crippen LogP contribution in [-0.4, -0.2) is 27.9 Å². The van der Waals surface area contributed by atoms with Crippen LogP contribution in [0.1, 0.15) is 58.4 Å². The second kappa shape index (κ2) is 6.93. The second-order valence-electron chi connectivity index (χ2n) is 5.33. The molecule has 1 aliphatic carbocycles. The highest BCUT2D eigenvalue weighted by molar-refractivity contribution is 8.00. The van der Waals surface area contributed by atoms with Crippen molar-refractivity contribution in [1.82, 2.24) is 0 Å². The molecule has 0 aliphatic heterocycles. The molecule has 0 radical (unpaired) electrons. The molecule has 0 unspecified atom stereocenters. The molecule has 108 valence electrons. The molecule has 1 aromatic carbocycles. The Morgan fingerprint density at radius 3 is 2.60 bits per heavy atom. The van der Waals surface area contributed by atoms with Gasteiger partial charge in [0.25, 0.3) is 0 Å². The normalized spacial score (nSPS) is 16.1. The zero-order valence-corrected chi connectivity index (χ0v) is 12.5. The third-order valence-corrected chi connectivity index (χ3v) is 5.16. The zero-order valence-electron chi connectivity index (χ0n) is 11.7. The highest BCUT2D eigenvalue weighted by Crippen LogP contribution is 2.28. The number of ketones is 1. The molecule has 0 aromatic heterocycles. The average Bonchev–Trinajstić information content (AvgIpc) is 2.46. The number of benzene rings is 1. The minimum atomic E-state index is -0.975. The number of aromatic carboxylic acids is 1. The molecule has 1 N–H and O–H groups in total. The van der Waals surface area contributed by atoms with E-state index in [1.807, 2.05) is 0 Å². The molecule has 0 spiro atoms. The molecule has 0 atom stereocenters. The fraction of sp³-hybridized carbons (Fsp3) is 0.500. The Hall–Kier alpha value is -1.29. The standard InChI is InChI=1S/C16H20O3S/c1-11-7-8-12(9-14(11)16(18)19)15(17)10-20-13-5-3-2-4-6-13/h7-9,13H,2-6,10H2,1H3,(H,18,19). The van der Waals surface area contributed by atoms with Gasteiger partial charge in [-0.05, 0) is 31.4 Å². The van der Waals surface area contributed by atoms with Gasteiger partial charge in [-0.3, -0.25) is 4.79 Å². The first-order chi connectivity index (χ1) is 9.58. The first kappa shape index (κ1) is 15.1. The molecule has 0 bridgehead atoms. The summed E-state index contributed by atoms with van der Waals surface area (Å²) in [5, 5.41) is 9.68. The quantitative estimate of drug-likeness (QED) is 0.835. The van der Waals surface area contributed by atoms with Gasteiger partial charge < -0.3 is 5.11 Å². The van der Waals surface area contributed by atoms with E-state index in [1.165, 1.54) is 38.2 Å². The zero-order chi connectivity index (χ0) is 14.5. The Morgan fingerprint density at radius 2 is 1.95 bits per heavy atom. The van der Waals surface area contributed by atoms with Crippen molar-refractivity contribution in [3.63, 3.8) is 0 Å². The Kier molecular flexibility index (Phi) is 5.24. The van der Waals surface area contributed by atoms with Crippen LogP contribution in [0.25, 0.3) is 0 Å². The Morgan fingerprint density at radius 1 is 1.25 bits per heavy atom. The predicted molar refractivity (Wildman–Crippen MR) is 81.8 cm³/mol. The van der Waals surface area contributed by atoms with Gasteiger partial charge in [-0.25, -0.2) is 4.79 Å². The Bertz CT molecular complexity index is 504. The van der Waals surface area contributed by atoms with Gasteiger partial charge in [-0.15, -0.1) is 0 Å². The highest BCUT2D eigenvalue weighted by atomic mass is 32.2. The lowest BCUT2D eigenvalue weighted by molar-refractivity contribution is 0.0696. The van der Waals surface area contributed by atoms with Crippen molar-refractivity contribution in [3.8, 4) is 0 Å². The van der Waals surface area contributed by atoms with Crippen molar-refractivity contribution in [2.75, 3.05) is 5.75 Å². The molecular formula is C16H20O3S. The van der Waals surface area contributed by atoms with Gasteiger partial charge in [-0.1, -0.05) is 31.4 Å². The van der Waals surface area contributed by atoms with E-state index in [0.717, 1.165) is 0 Å². The van der Waals surface area contributed by atoms with Gasteiger partial charge in [0, 0.05) is 10.8 Å². The van der Waals surface area contributed by atoms with E-state index in [9.17, 15) is 9.59 Å². The van der Waals surface area contributed by atoms with Gasteiger partial charge in [0.05, 0.1) is 11.3 Å². The molecule has 1 saturated carbocycles. The number of rotatable bonds is 5. The van der Waals surface area contributed by atoms with Crippen molar-refractivity contribution in [2.24, 2.45) is 0 Å². The number of hydrogen-bond acceptors (Lipinski definition) is 3. The fourth-order valence-electron chi connectivity index (χ4n) is 2.53. The van der Waals surface area contributed by atoms with Crippen LogP contribution >= 0.6 is 11.8 Å². The third-order valence-electron chi connectivity index (χ3n) is 3.79. The summed E-state index contributed by atoms with van der Waals surface area (Å²) in [7, 11) is 0. The number of thioether (sulfide) groups is 1. The van der Waals surface area contributed by atoms with Crippen LogP contribution in [0.4, 0.5) is 0 Å². The molecule has 20 heavy (non-hydrogen) atoms. The molecular weight excluding hydrogens is 272 g/mol. The number of Topliss-reactive ketones (excluding diaryl/α,β-unsaturated/α-hetero) is 1. The molecule has 3 nitrogen and oxygen atoms in total. The van der Waals surface area contributed by atoms with E-state index in [0.29, 0.717) is 22.1 Å². The number of carboxylic acid groups (broad SMARTS) is 1. The molecule has 0 amide bonds. The van der Waals surface area contributed by atoms with Gasteiger partial charge in [0.2, 0.25) is 0 Å². The lowest BCUT2D eigenvalue weighted by atomic mass is 10.0. The summed E-state index contributed by atoms with van der Waals surface area (Å²) in [4.78, 5) is 23.2. The maximum absolute atomic E-state index is 12.2. The van der Waals surface area contributed by atoms with E-state index < -0.39 is 5.97 Å². The summed E-state index contributed by atoms with van der Waals surface area (Å²) in [6.07, 6.45) is 6.24.